The van der Waals surface area contributed by atoms with Crippen molar-refractivity contribution in [2.24, 2.45) is 5.92 Å². The molecule has 0 bridgehead atoms. The maximum Gasteiger partial charge on any atom is 0.119 e. The summed E-state index contributed by atoms with van der Waals surface area (Å²) >= 11 is 1.75. The van der Waals surface area contributed by atoms with E-state index in [0.717, 1.165) is 11.4 Å². The maximum atomic E-state index is 4.15. The van der Waals surface area contributed by atoms with Crippen LogP contribution in [0.4, 0.5) is 0 Å². The third-order valence-corrected chi connectivity index (χ3v) is 2.81. The Morgan fingerprint density at radius 3 is 2.25 bits per heavy atom. The van der Waals surface area contributed by atoms with E-state index in [0.29, 0.717) is 11.8 Å². The third-order valence-electron chi connectivity index (χ3n) is 1.56. The summed E-state index contributed by atoms with van der Waals surface area (Å²) in [6.45, 7) is 8.71. The Hall–Kier alpha value is -0.440. The first-order valence-corrected chi connectivity index (χ1v) is 5.23. The summed E-state index contributed by atoms with van der Waals surface area (Å²) in [6, 6.07) is 0. The van der Waals surface area contributed by atoms with Crippen molar-refractivity contribution >= 4 is 11.3 Å². The van der Waals surface area contributed by atoms with Gasteiger partial charge >= 0.3 is 0 Å². The fourth-order valence-corrected chi connectivity index (χ4v) is 1.99. The number of hydrogen-bond donors (Lipinski definition) is 0. The lowest BCUT2D eigenvalue weighted by atomic mass is 10.1. The molecule has 0 aromatic carbocycles. The molecule has 12 heavy (non-hydrogen) atoms. The van der Waals surface area contributed by atoms with Crippen LogP contribution in [0.5, 0.6) is 0 Å². The minimum Gasteiger partial charge on any atom is -0.144 e. The number of hydrogen-bond acceptors (Lipinski definition) is 3. The van der Waals surface area contributed by atoms with Gasteiger partial charge in [-0.1, -0.05) is 27.7 Å². The third kappa shape index (κ3) is 2.55. The molecule has 1 aromatic rings. The zero-order valence-electron chi connectivity index (χ0n) is 8.16. The van der Waals surface area contributed by atoms with Gasteiger partial charge in [0.1, 0.15) is 10.0 Å². The Kier molecular flexibility index (Phi) is 3.20. The molecule has 0 radical (unpaired) electrons. The van der Waals surface area contributed by atoms with Gasteiger partial charge in [0, 0.05) is 12.3 Å². The van der Waals surface area contributed by atoms with E-state index in [1.807, 2.05) is 0 Å². The van der Waals surface area contributed by atoms with Crippen LogP contribution < -0.4 is 0 Å². The molecule has 0 aliphatic carbocycles. The lowest BCUT2D eigenvalue weighted by Crippen LogP contribution is -1.92. The molecule has 0 N–H and O–H groups in total. The van der Waals surface area contributed by atoms with Crippen molar-refractivity contribution < 1.29 is 0 Å². The Bertz CT molecular complexity index is 240. The molecule has 0 aliphatic heterocycles. The van der Waals surface area contributed by atoms with Crippen LogP contribution in [0.15, 0.2) is 0 Å². The molecule has 1 rings (SSSR count). The van der Waals surface area contributed by atoms with Crippen LogP contribution in [0.3, 0.4) is 0 Å². The summed E-state index contributed by atoms with van der Waals surface area (Å²) in [7, 11) is 0. The molecule has 0 atom stereocenters. The molecule has 1 heterocycles. The van der Waals surface area contributed by atoms with Gasteiger partial charge in [-0.2, -0.15) is 0 Å². The van der Waals surface area contributed by atoms with E-state index in [-0.39, 0.29) is 0 Å². The van der Waals surface area contributed by atoms with Crippen molar-refractivity contribution in [1.82, 2.24) is 10.2 Å². The highest BCUT2D eigenvalue weighted by molar-refractivity contribution is 7.11. The van der Waals surface area contributed by atoms with Crippen LogP contribution >= 0.6 is 11.3 Å². The summed E-state index contributed by atoms with van der Waals surface area (Å²) < 4.78 is 0. The van der Waals surface area contributed by atoms with Crippen molar-refractivity contribution in [3.05, 3.63) is 10.0 Å². The van der Waals surface area contributed by atoms with Crippen LogP contribution in [0.1, 0.15) is 43.6 Å². The van der Waals surface area contributed by atoms with Crippen LogP contribution in [0.25, 0.3) is 0 Å². The van der Waals surface area contributed by atoms with Gasteiger partial charge < -0.3 is 0 Å². The predicted molar refractivity (Wildman–Crippen MR) is 52.5 cm³/mol. The first kappa shape index (κ1) is 9.65. The molecule has 3 heteroatoms. The van der Waals surface area contributed by atoms with Crippen LogP contribution in [-0.2, 0) is 6.42 Å². The van der Waals surface area contributed by atoms with Crippen molar-refractivity contribution in [3.63, 3.8) is 0 Å². The molecular weight excluding hydrogens is 168 g/mol. The van der Waals surface area contributed by atoms with E-state index in [4.69, 9.17) is 0 Å². The highest BCUT2D eigenvalue weighted by Crippen LogP contribution is 2.20. The average molecular weight is 184 g/mol. The zero-order valence-corrected chi connectivity index (χ0v) is 8.98. The summed E-state index contributed by atoms with van der Waals surface area (Å²) in [5.41, 5.74) is 0. The molecule has 0 spiro atoms. The lowest BCUT2D eigenvalue weighted by Gasteiger charge is -1.97. The molecule has 0 aliphatic rings. The second kappa shape index (κ2) is 3.99. The first-order valence-electron chi connectivity index (χ1n) is 4.42. The molecule has 0 amide bonds. The minimum atomic E-state index is 0.517. The smallest absolute Gasteiger partial charge is 0.119 e. The van der Waals surface area contributed by atoms with Gasteiger partial charge in [-0.15, -0.1) is 21.5 Å². The van der Waals surface area contributed by atoms with Crippen LogP contribution in [0, 0.1) is 5.92 Å². The van der Waals surface area contributed by atoms with Crippen molar-refractivity contribution in [2.75, 3.05) is 0 Å². The average Bonchev–Trinajstić information content (AvgIpc) is 2.34. The topological polar surface area (TPSA) is 25.8 Å². The highest BCUT2D eigenvalue weighted by Gasteiger charge is 2.08. The minimum absolute atomic E-state index is 0.517. The van der Waals surface area contributed by atoms with Crippen LogP contribution in [-0.4, -0.2) is 10.2 Å². The van der Waals surface area contributed by atoms with Gasteiger partial charge in [-0.3, -0.25) is 0 Å². The van der Waals surface area contributed by atoms with Gasteiger partial charge in [0.2, 0.25) is 0 Å². The van der Waals surface area contributed by atoms with E-state index < -0.39 is 0 Å². The van der Waals surface area contributed by atoms with E-state index in [1.165, 1.54) is 5.01 Å². The molecule has 68 valence electrons. The zero-order chi connectivity index (χ0) is 9.14. The van der Waals surface area contributed by atoms with Crippen molar-refractivity contribution in [3.8, 4) is 0 Å². The fraction of sp³-hybridized carbons (Fsp3) is 0.778. The Labute approximate surface area is 78.0 Å². The van der Waals surface area contributed by atoms with E-state index in [2.05, 4.69) is 37.9 Å². The summed E-state index contributed by atoms with van der Waals surface area (Å²) in [4.78, 5) is 0. The molecule has 0 fully saturated rings. The van der Waals surface area contributed by atoms with Gasteiger partial charge in [-0.05, 0) is 5.92 Å². The summed E-state index contributed by atoms with van der Waals surface area (Å²) in [5.74, 6) is 1.20. The molecular formula is C9H16N2S. The van der Waals surface area contributed by atoms with Gasteiger partial charge in [-0.25, -0.2) is 0 Å². The largest absolute Gasteiger partial charge is 0.144 e. The SMILES string of the molecule is CC(C)Cc1nnc(C(C)C)s1. The first-order chi connectivity index (χ1) is 5.59. The standard InChI is InChI=1S/C9H16N2S/c1-6(2)5-8-10-11-9(12-8)7(3)4/h6-7H,5H2,1-4H3. The normalized spacial score (nSPS) is 11.5. The molecule has 0 saturated heterocycles. The van der Waals surface area contributed by atoms with E-state index in [1.54, 1.807) is 11.3 Å². The second-order valence-corrected chi connectivity index (χ2v) is 4.88. The Morgan fingerprint density at radius 2 is 1.83 bits per heavy atom. The van der Waals surface area contributed by atoms with Crippen LogP contribution in [0.2, 0.25) is 0 Å². The number of rotatable bonds is 3. The quantitative estimate of drug-likeness (QED) is 0.722. The van der Waals surface area contributed by atoms with E-state index in [9.17, 15) is 0 Å². The summed E-state index contributed by atoms with van der Waals surface area (Å²) in [6.07, 6.45) is 1.06. The van der Waals surface area contributed by atoms with E-state index >= 15 is 0 Å². The van der Waals surface area contributed by atoms with Crippen molar-refractivity contribution in [2.45, 2.75) is 40.0 Å². The van der Waals surface area contributed by atoms with Crippen molar-refractivity contribution in [1.29, 1.82) is 0 Å². The Balaban J connectivity index is 2.64. The predicted octanol–water partition coefficient (Wildman–Crippen LogP) is 2.86. The molecule has 2 nitrogen and oxygen atoms in total. The number of aromatic nitrogens is 2. The maximum absolute atomic E-state index is 4.15. The van der Waals surface area contributed by atoms with Gasteiger partial charge in [0.25, 0.3) is 0 Å². The monoisotopic (exact) mass is 184 g/mol. The molecule has 0 saturated carbocycles. The van der Waals surface area contributed by atoms with Gasteiger partial charge in [0.15, 0.2) is 0 Å². The molecule has 0 unspecified atom stereocenters. The lowest BCUT2D eigenvalue weighted by molar-refractivity contribution is 0.639. The fourth-order valence-electron chi connectivity index (χ4n) is 0.932. The molecule has 1 aromatic heterocycles. The number of nitrogens with zero attached hydrogens (tertiary/aromatic N) is 2. The highest BCUT2D eigenvalue weighted by atomic mass is 32.1. The Morgan fingerprint density at radius 1 is 1.17 bits per heavy atom. The summed E-state index contributed by atoms with van der Waals surface area (Å²) in [5, 5.41) is 10.6. The van der Waals surface area contributed by atoms with Gasteiger partial charge in [0.05, 0.1) is 0 Å². The second-order valence-electron chi connectivity index (χ2n) is 3.79.